The lowest BCUT2D eigenvalue weighted by Gasteiger charge is -2.27. The maximum atomic E-state index is 12.3. The molecule has 138 valence electrons. The Morgan fingerprint density at radius 1 is 1.08 bits per heavy atom. The summed E-state index contributed by atoms with van der Waals surface area (Å²) in [6.45, 7) is 12.1. The molecular formula is C18H29N5O2. The Balaban J connectivity index is 2.45. The van der Waals surface area contributed by atoms with Crippen LogP contribution in [0.1, 0.15) is 49.3 Å². The standard InChI is InChI=1S/C18H29N5O2/c1-11(2)8-16(17(24)25-7)19-18(22-14(5)9-12(3)20-22)23-15(6)10-13(4)21-23/h9-11,16,18-19H,8H2,1-7H3. The molecule has 0 amide bonds. The van der Waals surface area contributed by atoms with Gasteiger partial charge in [0, 0.05) is 11.4 Å². The molecule has 0 saturated carbocycles. The second-order valence-electron chi connectivity index (χ2n) is 6.99. The molecule has 0 spiro atoms. The Kier molecular flexibility index (Phi) is 6.00. The number of hydrogen-bond donors (Lipinski definition) is 1. The van der Waals surface area contributed by atoms with Crippen LogP contribution in [-0.2, 0) is 9.53 Å². The molecule has 0 fully saturated rings. The first-order valence-electron chi connectivity index (χ1n) is 8.62. The van der Waals surface area contributed by atoms with Crippen molar-refractivity contribution in [3.05, 3.63) is 34.9 Å². The molecule has 0 bridgehead atoms. The molecule has 0 aromatic carbocycles. The van der Waals surface area contributed by atoms with E-state index in [1.807, 2.05) is 49.2 Å². The van der Waals surface area contributed by atoms with E-state index >= 15 is 0 Å². The van der Waals surface area contributed by atoms with Crippen LogP contribution in [0.15, 0.2) is 12.1 Å². The molecule has 7 heteroatoms. The van der Waals surface area contributed by atoms with Gasteiger partial charge in [0.05, 0.1) is 18.5 Å². The third kappa shape index (κ3) is 4.48. The van der Waals surface area contributed by atoms with Crippen molar-refractivity contribution >= 4 is 5.97 Å². The van der Waals surface area contributed by atoms with Gasteiger partial charge in [-0.1, -0.05) is 13.8 Å². The molecule has 0 saturated heterocycles. The summed E-state index contributed by atoms with van der Waals surface area (Å²) < 4.78 is 8.73. The monoisotopic (exact) mass is 347 g/mol. The van der Waals surface area contributed by atoms with Gasteiger partial charge < -0.3 is 4.74 Å². The smallest absolute Gasteiger partial charge is 0.322 e. The third-order valence-corrected chi connectivity index (χ3v) is 4.10. The van der Waals surface area contributed by atoms with Gasteiger partial charge in [-0.3, -0.25) is 10.1 Å². The zero-order chi connectivity index (χ0) is 18.7. The number of nitrogens with one attached hydrogen (secondary N) is 1. The van der Waals surface area contributed by atoms with E-state index in [1.165, 1.54) is 7.11 Å². The van der Waals surface area contributed by atoms with E-state index in [-0.39, 0.29) is 5.97 Å². The van der Waals surface area contributed by atoms with E-state index in [0.29, 0.717) is 12.3 Å². The molecule has 25 heavy (non-hydrogen) atoms. The summed E-state index contributed by atoms with van der Waals surface area (Å²) in [5.41, 5.74) is 3.83. The first-order chi connectivity index (χ1) is 11.7. The predicted molar refractivity (Wildman–Crippen MR) is 96.2 cm³/mol. The van der Waals surface area contributed by atoms with E-state index in [1.54, 1.807) is 0 Å². The number of methoxy groups -OCH3 is 1. The number of ether oxygens (including phenoxy) is 1. The van der Waals surface area contributed by atoms with E-state index in [4.69, 9.17) is 4.74 Å². The average molecular weight is 347 g/mol. The summed E-state index contributed by atoms with van der Waals surface area (Å²) in [6.07, 6.45) is 0.271. The summed E-state index contributed by atoms with van der Waals surface area (Å²) in [5, 5.41) is 12.6. The second kappa shape index (κ2) is 7.82. The Labute approximate surface area is 149 Å². The molecule has 0 radical (unpaired) electrons. The largest absolute Gasteiger partial charge is 0.468 e. The molecule has 0 aliphatic rings. The van der Waals surface area contributed by atoms with Crippen molar-refractivity contribution in [2.24, 2.45) is 5.92 Å². The summed E-state index contributed by atoms with van der Waals surface area (Å²) in [5.74, 6) is 0.0694. The van der Waals surface area contributed by atoms with E-state index in [9.17, 15) is 4.79 Å². The zero-order valence-electron chi connectivity index (χ0n) is 16.2. The van der Waals surface area contributed by atoms with Crippen LogP contribution < -0.4 is 5.32 Å². The summed E-state index contributed by atoms with van der Waals surface area (Å²) in [7, 11) is 1.42. The van der Waals surface area contributed by atoms with Gasteiger partial charge in [0.1, 0.15) is 6.04 Å². The van der Waals surface area contributed by atoms with Crippen molar-refractivity contribution in [1.29, 1.82) is 0 Å². The first kappa shape index (κ1) is 19.2. The van der Waals surface area contributed by atoms with Gasteiger partial charge in [-0.25, -0.2) is 9.36 Å². The molecular weight excluding hydrogens is 318 g/mol. The highest BCUT2D eigenvalue weighted by Crippen LogP contribution is 2.17. The summed E-state index contributed by atoms with van der Waals surface area (Å²) in [4.78, 5) is 12.3. The van der Waals surface area contributed by atoms with E-state index < -0.39 is 12.3 Å². The summed E-state index contributed by atoms with van der Waals surface area (Å²) in [6, 6.07) is 3.58. The molecule has 1 unspecified atom stereocenters. The fraction of sp³-hybridized carbons (Fsp3) is 0.611. The molecule has 2 heterocycles. The van der Waals surface area contributed by atoms with Crippen molar-refractivity contribution in [2.45, 2.75) is 60.3 Å². The minimum absolute atomic E-state index is 0.276. The Morgan fingerprint density at radius 2 is 1.56 bits per heavy atom. The second-order valence-corrected chi connectivity index (χ2v) is 6.99. The number of hydrogen-bond acceptors (Lipinski definition) is 5. The lowest BCUT2D eigenvalue weighted by molar-refractivity contribution is -0.144. The number of rotatable bonds is 7. The Morgan fingerprint density at radius 3 is 1.88 bits per heavy atom. The minimum atomic E-state index is -0.442. The SMILES string of the molecule is COC(=O)C(CC(C)C)NC(n1nc(C)cc1C)n1nc(C)cc1C. The number of aryl methyl sites for hydroxylation is 4. The number of esters is 1. The van der Waals surface area contributed by atoms with Gasteiger partial charge in [-0.2, -0.15) is 10.2 Å². The molecule has 1 N–H and O–H groups in total. The van der Waals surface area contributed by atoms with Crippen LogP contribution in [0, 0.1) is 33.6 Å². The predicted octanol–water partition coefficient (Wildman–Crippen LogP) is 2.49. The van der Waals surface area contributed by atoms with Crippen LogP contribution in [-0.4, -0.2) is 38.7 Å². The van der Waals surface area contributed by atoms with Crippen molar-refractivity contribution < 1.29 is 9.53 Å². The van der Waals surface area contributed by atoms with Gasteiger partial charge in [0.25, 0.3) is 0 Å². The average Bonchev–Trinajstić information content (AvgIpc) is 3.03. The van der Waals surface area contributed by atoms with Gasteiger partial charge in [0.15, 0.2) is 6.29 Å². The van der Waals surface area contributed by atoms with Crippen LogP contribution in [0.4, 0.5) is 0 Å². The zero-order valence-corrected chi connectivity index (χ0v) is 16.2. The normalized spacial score (nSPS) is 12.8. The van der Waals surface area contributed by atoms with Crippen molar-refractivity contribution in [3.63, 3.8) is 0 Å². The highest BCUT2D eigenvalue weighted by atomic mass is 16.5. The molecule has 2 rings (SSSR count). The number of carbonyl (C=O) groups is 1. The number of aromatic nitrogens is 4. The quantitative estimate of drug-likeness (QED) is 0.779. The van der Waals surface area contributed by atoms with Gasteiger partial charge in [-0.05, 0) is 52.2 Å². The number of nitrogens with zero attached hydrogens (tertiary/aromatic N) is 4. The molecule has 2 aromatic heterocycles. The molecule has 0 aliphatic carbocycles. The maximum absolute atomic E-state index is 12.3. The molecule has 0 aliphatic heterocycles. The van der Waals surface area contributed by atoms with E-state index in [0.717, 1.165) is 22.8 Å². The molecule has 2 aromatic rings. The Hall–Kier alpha value is -2.15. The van der Waals surface area contributed by atoms with Crippen LogP contribution in [0.5, 0.6) is 0 Å². The fourth-order valence-corrected chi connectivity index (χ4v) is 3.06. The lowest BCUT2D eigenvalue weighted by Crippen LogP contribution is -2.46. The topological polar surface area (TPSA) is 74.0 Å². The van der Waals surface area contributed by atoms with Crippen LogP contribution >= 0.6 is 0 Å². The van der Waals surface area contributed by atoms with Crippen molar-refractivity contribution in [2.75, 3.05) is 7.11 Å². The first-order valence-corrected chi connectivity index (χ1v) is 8.62. The molecule has 7 nitrogen and oxygen atoms in total. The van der Waals surface area contributed by atoms with Crippen LogP contribution in [0.2, 0.25) is 0 Å². The minimum Gasteiger partial charge on any atom is -0.468 e. The molecule has 1 atom stereocenters. The van der Waals surface area contributed by atoms with Gasteiger partial charge >= 0.3 is 5.97 Å². The van der Waals surface area contributed by atoms with Crippen molar-refractivity contribution in [3.8, 4) is 0 Å². The number of carbonyl (C=O) groups excluding carboxylic acids is 1. The fourth-order valence-electron chi connectivity index (χ4n) is 3.06. The van der Waals surface area contributed by atoms with E-state index in [2.05, 4.69) is 29.4 Å². The lowest BCUT2D eigenvalue weighted by atomic mass is 10.0. The van der Waals surface area contributed by atoms with Crippen LogP contribution in [0.3, 0.4) is 0 Å². The third-order valence-electron chi connectivity index (χ3n) is 4.10. The van der Waals surface area contributed by atoms with Crippen LogP contribution in [0.25, 0.3) is 0 Å². The van der Waals surface area contributed by atoms with Crippen molar-refractivity contribution in [1.82, 2.24) is 24.9 Å². The Bertz CT molecular complexity index is 686. The van der Waals surface area contributed by atoms with Gasteiger partial charge in [-0.15, -0.1) is 0 Å². The highest BCUT2D eigenvalue weighted by molar-refractivity contribution is 5.75. The highest BCUT2D eigenvalue weighted by Gasteiger charge is 2.28. The van der Waals surface area contributed by atoms with Gasteiger partial charge in [0.2, 0.25) is 0 Å². The maximum Gasteiger partial charge on any atom is 0.322 e. The summed E-state index contributed by atoms with van der Waals surface area (Å²) >= 11 is 0.